The predicted molar refractivity (Wildman–Crippen MR) is 334 cm³/mol. The fourth-order valence-electron chi connectivity index (χ4n) is 9.99. The van der Waals surface area contributed by atoms with E-state index in [1.54, 1.807) is 65.4 Å². The van der Waals surface area contributed by atoms with Gasteiger partial charge in [0.15, 0.2) is 17.9 Å². The number of carbonyl (C=O) groups is 10. The standard InChI is InChI=1S/C56H83N19O13S2/c57-35(14-4-18-64-54(58)59)45(79)69-36(15-5-19-65-55(60)61)51(85)74-21-7-17-42(74)52(86)75-29-32(77)25-43(75)50(84)67-28-44(78)68-39(26-33-12-8-22-89-33)47(81)73-41(30-76)49(83)71-38(24-31-10-2-1-3-11-31)46(80)72-40(27-34-13-9-23-90-34)48(82)70-37(53(87)88)16-6-20-66-56(62)63/h1-3,8-13,22-23,32,35-43,76-77H,4-7,14-21,24-30,57H2,(H,67,84)(H,68,78)(H,69,79)(H,70,82)(H,71,83)(H,72,80)(H,73,81)(H,87,88)(H4,58,59,64)(H4,60,61,65)(H4,62,63,66)/t32?,35-,36+,37+,38-,39+,40+,41+,42+,43+/m1/s1. The summed E-state index contributed by atoms with van der Waals surface area (Å²) in [5, 5.41) is 52.7. The van der Waals surface area contributed by atoms with Gasteiger partial charge in [-0.05, 0) is 79.8 Å². The average molecular weight is 1290 g/mol. The molecule has 1 aromatic carbocycles. The summed E-state index contributed by atoms with van der Waals surface area (Å²) in [6, 6.07) is 3.33. The van der Waals surface area contributed by atoms with Crippen molar-refractivity contribution in [1.29, 1.82) is 0 Å². The van der Waals surface area contributed by atoms with Crippen molar-refractivity contribution in [2.24, 2.45) is 55.1 Å². The van der Waals surface area contributed by atoms with E-state index in [4.69, 9.17) is 40.1 Å². The number of carbonyl (C=O) groups excluding carboxylic acids is 9. The van der Waals surface area contributed by atoms with Gasteiger partial charge in [-0.25, -0.2) is 4.79 Å². The molecule has 32 nitrogen and oxygen atoms in total. The van der Waals surface area contributed by atoms with E-state index < -0.39 is 133 Å². The fraction of sp³-hybridized carbons (Fsp3) is 0.518. The normalized spacial score (nSPS) is 17.5. The molecule has 0 bridgehead atoms. The quantitative estimate of drug-likeness (QED) is 0.0147. The Kier molecular flexibility index (Phi) is 29.1. The van der Waals surface area contributed by atoms with E-state index in [1.165, 1.54) is 27.6 Å². The molecular weight excluding hydrogens is 1210 g/mol. The van der Waals surface area contributed by atoms with Crippen LogP contribution < -0.4 is 77.4 Å². The topological polar surface area (TPSA) is 541 Å². The van der Waals surface area contributed by atoms with E-state index in [2.05, 4.69) is 52.2 Å². The van der Waals surface area contributed by atoms with Gasteiger partial charge in [0.25, 0.3) is 0 Å². The summed E-state index contributed by atoms with van der Waals surface area (Å²) in [6.07, 6.45) is -0.182. The SMILES string of the molecule is NC(N)=NCCC[C@@H](N)C(=O)N[C@@H](CCCN=C(N)N)C(=O)N1CCC[C@H]1C(=O)N1CC(O)C[C@H]1C(=O)NCC(=O)N[C@@H](Cc1cccs1)C(=O)N[C@@H](CO)C(=O)N[C@H](Cc1ccccc1)C(=O)N[C@@H](Cc1cccs1)C(=O)N[C@@H](CCCN=C(N)N)C(=O)O. The van der Waals surface area contributed by atoms with Crippen LogP contribution in [-0.2, 0) is 67.2 Å². The second kappa shape index (κ2) is 36.5. The number of hydrogen-bond donors (Lipinski definition) is 17. The monoisotopic (exact) mass is 1290 g/mol. The zero-order valence-electron chi connectivity index (χ0n) is 49.6. The number of carboxylic acid groups (broad SMARTS) is 1. The van der Waals surface area contributed by atoms with Crippen molar-refractivity contribution in [3.8, 4) is 0 Å². The lowest BCUT2D eigenvalue weighted by atomic mass is 10.0. The first-order chi connectivity index (χ1) is 42.9. The molecule has 0 aliphatic carbocycles. The van der Waals surface area contributed by atoms with Crippen LogP contribution in [0.3, 0.4) is 0 Å². The van der Waals surface area contributed by atoms with E-state index in [9.17, 15) is 63.3 Å². The van der Waals surface area contributed by atoms with Crippen LogP contribution in [0.2, 0.25) is 0 Å². The van der Waals surface area contributed by atoms with Crippen molar-refractivity contribution in [3.63, 3.8) is 0 Å². The molecule has 2 aliphatic rings. The lowest BCUT2D eigenvalue weighted by Gasteiger charge is -2.33. The molecule has 34 heteroatoms. The molecule has 10 atom stereocenters. The Morgan fingerprint density at radius 3 is 1.59 bits per heavy atom. The van der Waals surface area contributed by atoms with E-state index in [-0.39, 0.29) is 115 Å². The first-order valence-corrected chi connectivity index (χ1v) is 30.9. The van der Waals surface area contributed by atoms with E-state index in [1.807, 2.05) is 0 Å². The van der Waals surface area contributed by atoms with Gasteiger partial charge in [-0.2, -0.15) is 0 Å². The first kappa shape index (κ1) is 71.8. The van der Waals surface area contributed by atoms with Gasteiger partial charge in [-0.15, -0.1) is 22.7 Å². The molecule has 0 radical (unpaired) electrons. The number of likely N-dealkylation sites (tertiary alicyclic amines) is 2. The van der Waals surface area contributed by atoms with Crippen LogP contribution in [0, 0.1) is 0 Å². The van der Waals surface area contributed by atoms with Crippen LogP contribution in [0.15, 0.2) is 80.3 Å². The molecule has 0 saturated carbocycles. The van der Waals surface area contributed by atoms with Crippen molar-refractivity contribution in [2.75, 3.05) is 45.9 Å². The zero-order valence-corrected chi connectivity index (χ0v) is 51.2. The number of thiophene rings is 2. The van der Waals surface area contributed by atoms with Crippen LogP contribution in [0.25, 0.3) is 0 Å². The van der Waals surface area contributed by atoms with E-state index in [0.717, 1.165) is 4.90 Å². The Morgan fingerprint density at radius 1 is 0.578 bits per heavy atom. The molecule has 24 N–H and O–H groups in total. The second-order valence-electron chi connectivity index (χ2n) is 21.5. The van der Waals surface area contributed by atoms with E-state index in [0.29, 0.717) is 28.2 Å². The number of nitrogens with zero attached hydrogens (tertiary/aromatic N) is 5. The fourth-order valence-corrected chi connectivity index (χ4v) is 11.5. The van der Waals surface area contributed by atoms with E-state index >= 15 is 0 Å². The molecular formula is C56H83N19O13S2. The molecule has 2 fully saturated rings. The minimum atomic E-state index is -1.73. The number of β-amino-alcohol motifs (C(OH)–C–C–N with tert-alkyl or cyclic N) is 1. The van der Waals surface area contributed by atoms with Gasteiger partial charge in [0.2, 0.25) is 53.2 Å². The predicted octanol–water partition coefficient (Wildman–Crippen LogP) is -5.62. The number of aliphatic imine (C=N–C) groups is 3. The highest BCUT2D eigenvalue weighted by Crippen LogP contribution is 2.27. The van der Waals surface area contributed by atoms with Crippen LogP contribution in [0.1, 0.15) is 73.1 Å². The first-order valence-electron chi connectivity index (χ1n) is 29.2. The Labute approximate surface area is 527 Å². The maximum absolute atomic E-state index is 14.4. The number of carboxylic acids is 1. The van der Waals surface area contributed by atoms with Gasteiger partial charge in [-0.1, -0.05) is 42.5 Å². The Balaban J connectivity index is 1.25. The number of rotatable bonds is 36. The summed E-state index contributed by atoms with van der Waals surface area (Å²) >= 11 is 2.53. The van der Waals surface area contributed by atoms with Gasteiger partial charge < -0.3 is 102 Å². The highest BCUT2D eigenvalue weighted by molar-refractivity contribution is 7.10. The number of benzene rings is 1. The van der Waals surface area contributed by atoms with Crippen LogP contribution in [0.5, 0.6) is 0 Å². The van der Waals surface area contributed by atoms with Crippen molar-refractivity contribution < 1.29 is 63.3 Å². The molecule has 9 amide bonds. The Hall–Kier alpha value is -8.99. The molecule has 4 heterocycles. The van der Waals surface area contributed by atoms with Crippen molar-refractivity contribution in [1.82, 2.24) is 47.0 Å². The Morgan fingerprint density at radius 2 is 1.07 bits per heavy atom. The van der Waals surface area contributed by atoms with Crippen molar-refractivity contribution in [3.05, 3.63) is 80.7 Å². The maximum atomic E-state index is 14.4. The number of guanidine groups is 3. The van der Waals surface area contributed by atoms with Crippen LogP contribution in [-0.4, -0.2) is 208 Å². The number of nitrogens with one attached hydrogen (secondary N) is 7. The van der Waals surface area contributed by atoms with Gasteiger partial charge in [0.1, 0.15) is 48.3 Å². The second-order valence-corrected chi connectivity index (χ2v) is 23.5. The lowest BCUT2D eigenvalue weighted by molar-refractivity contribution is -0.148. The minimum absolute atomic E-state index is 0.0584. The summed E-state index contributed by atoms with van der Waals surface area (Å²) < 4.78 is 0. The molecule has 90 heavy (non-hydrogen) atoms. The summed E-state index contributed by atoms with van der Waals surface area (Å²) in [5.41, 5.74) is 39.2. The van der Waals surface area contributed by atoms with Gasteiger partial charge >= 0.3 is 5.97 Å². The van der Waals surface area contributed by atoms with Gasteiger partial charge in [0.05, 0.1) is 25.3 Å². The molecule has 2 aromatic heterocycles. The average Bonchev–Trinajstić information content (AvgIpc) is 1.74. The third-order valence-electron chi connectivity index (χ3n) is 14.5. The molecule has 5 rings (SSSR count). The highest BCUT2D eigenvalue weighted by Gasteiger charge is 2.46. The van der Waals surface area contributed by atoms with Gasteiger partial charge in [-0.3, -0.25) is 58.1 Å². The maximum Gasteiger partial charge on any atom is 0.326 e. The van der Waals surface area contributed by atoms with Crippen molar-refractivity contribution >= 4 is 99.7 Å². The van der Waals surface area contributed by atoms with Gasteiger partial charge in [0, 0.05) is 68.2 Å². The Bertz CT molecular complexity index is 2980. The molecule has 0 spiro atoms. The van der Waals surface area contributed by atoms with Crippen LogP contribution in [0.4, 0.5) is 0 Å². The summed E-state index contributed by atoms with van der Waals surface area (Å²) in [5.74, 6) is -9.17. The molecule has 2 aliphatic heterocycles. The number of nitrogens with two attached hydrogens (primary N) is 7. The number of amides is 9. The summed E-state index contributed by atoms with van der Waals surface area (Å²) in [7, 11) is 0. The van der Waals surface area contributed by atoms with Crippen LogP contribution >= 0.6 is 22.7 Å². The largest absolute Gasteiger partial charge is 0.480 e. The summed E-state index contributed by atoms with van der Waals surface area (Å²) in [4.78, 5) is 154. The zero-order chi connectivity index (χ0) is 65.9. The molecule has 1 unspecified atom stereocenters. The lowest BCUT2D eigenvalue weighted by Crippen LogP contribution is -2.60. The smallest absolute Gasteiger partial charge is 0.326 e. The number of aliphatic carboxylic acids is 1. The number of aliphatic hydroxyl groups is 2. The molecule has 492 valence electrons. The third kappa shape index (κ3) is 23.5. The third-order valence-corrected chi connectivity index (χ3v) is 16.3. The summed E-state index contributed by atoms with van der Waals surface area (Å²) in [6.45, 7) is -1.48. The number of hydrogen-bond acceptors (Lipinski definition) is 18. The molecule has 2 saturated heterocycles. The van der Waals surface area contributed by atoms with Crippen molar-refractivity contribution in [2.45, 2.75) is 138 Å². The minimum Gasteiger partial charge on any atom is -0.480 e. The number of aliphatic hydroxyl groups excluding tert-OH is 2. The molecule has 3 aromatic rings. The highest BCUT2D eigenvalue weighted by atomic mass is 32.1.